The molecule has 2 atom stereocenters. The number of ether oxygens (including phenoxy) is 1. The molecule has 4 rings (SSSR count). The lowest BCUT2D eigenvalue weighted by atomic mass is 10.00. The number of halogens is 2. The zero-order valence-electron chi connectivity index (χ0n) is 19.7. The number of carbonyl (C=O) groups is 2. The molecule has 0 unspecified atom stereocenters. The predicted molar refractivity (Wildman–Crippen MR) is 132 cm³/mol. The van der Waals surface area contributed by atoms with E-state index < -0.39 is 11.6 Å². The number of carbonyl (C=O) groups excluding carboxylic acids is 2. The van der Waals surface area contributed by atoms with Gasteiger partial charge in [0, 0.05) is 29.1 Å². The normalized spacial score (nSPS) is 15.9. The number of thiophene rings is 1. The maximum atomic E-state index is 13.6. The van der Waals surface area contributed by atoms with Crippen molar-refractivity contribution in [2.75, 3.05) is 19.7 Å². The summed E-state index contributed by atoms with van der Waals surface area (Å²) in [6.45, 7) is 4.43. The smallest absolute Gasteiger partial charge is 0.254 e. The largest absolute Gasteiger partial charge is 0.491 e. The molecule has 5 nitrogen and oxygen atoms in total. The summed E-state index contributed by atoms with van der Waals surface area (Å²) in [6, 6.07) is 12.7. The number of fused-ring (bicyclic) bond motifs is 1. The highest BCUT2D eigenvalue weighted by atomic mass is 32.1. The third-order valence-electron chi connectivity index (χ3n) is 6.40. The Hall–Kier alpha value is -3.26. The molecule has 3 aromatic rings. The van der Waals surface area contributed by atoms with Crippen LogP contribution < -0.4 is 4.74 Å². The third kappa shape index (κ3) is 5.70. The van der Waals surface area contributed by atoms with Crippen molar-refractivity contribution in [1.82, 2.24) is 9.80 Å². The van der Waals surface area contributed by atoms with Gasteiger partial charge in [0.15, 0.2) is 0 Å². The van der Waals surface area contributed by atoms with Crippen LogP contribution in [0.15, 0.2) is 60.0 Å². The van der Waals surface area contributed by atoms with E-state index in [9.17, 15) is 18.4 Å². The second-order valence-corrected chi connectivity index (χ2v) is 9.62. The van der Waals surface area contributed by atoms with E-state index in [1.165, 1.54) is 41.3 Å². The van der Waals surface area contributed by atoms with Crippen molar-refractivity contribution in [3.8, 4) is 5.75 Å². The molecule has 1 aliphatic rings. The second-order valence-electron chi connectivity index (χ2n) is 8.62. The quantitative estimate of drug-likeness (QED) is 0.414. The maximum Gasteiger partial charge on any atom is 0.254 e. The fraction of sp³-hybridized carbons (Fsp3) is 0.333. The molecule has 0 bridgehead atoms. The van der Waals surface area contributed by atoms with Crippen LogP contribution in [0.5, 0.6) is 5.75 Å². The van der Waals surface area contributed by atoms with E-state index in [4.69, 9.17) is 4.74 Å². The molecule has 1 aliphatic heterocycles. The van der Waals surface area contributed by atoms with Crippen LogP contribution >= 0.6 is 11.3 Å². The lowest BCUT2D eigenvalue weighted by Crippen LogP contribution is -2.49. The highest BCUT2D eigenvalue weighted by Gasteiger charge is 2.34. The zero-order valence-corrected chi connectivity index (χ0v) is 20.6. The Morgan fingerprint density at radius 2 is 1.91 bits per heavy atom. The standard InChI is InChI=1S/C27H28F2N2O3S/c1-3-18(2)31(27(33)19-7-9-20(28)10-8-19)16-26(32)30-13-11-25-23(12-14-35-25)24(30)17-34-22-6-4-5-21(29)15-22/h4-10,12,14-15,18,24H,3,11,13,16-17H2,1-2H3/t18-,24-/m1/s1. The average molecular weight is 499 g/mol. The monoisotopic (exact) mass is 498 g/mol. The Kier molecular flexibility index (Phi) is 7.80. The Morgan fingerprint density at radius 3 is 2.63 bits per heavy atom. The first-order valence-corrected chi connectivity index (χ1v) is 12.6. The van der Waals surface area contributed by atoms with Crippen LogP contribution in [0.4, 0.5) is 8.78 Å². The minimum Gasteiger partial charge on any atom is -0.491 e. The molecule has 8 heteroatoms. The minimum absolute atomic E-state index is 0.0961. The van der Waals surface area contributed by atoms with Crippen LogP contribution in [0.25, 0.3) is 0 Å². The molecule has 2 aromatic carbocycles. The van der Waals surface area contributed by atoms with Crippen molar-refractivity contribution < 1.29 is 23.1 Å². The van der Waals surface area contributed by atoms with Crippen molar-refractivity contribution in [3.63, 3.8) is 0 Å². The SMILES string of the molecule is CC[C@@H](C)N(CC(=O)N1CCc2sccc2[C@H]1COc1cccc(F)c1)C(=O)c1ccc(F)cc1. The first kappa shape index (κ1) is 24.9. The first-order chi connectivity index (χ1) is 16.9. The van der Waals surface area contributed by atoms with Gasteiger partial charge in [-0.05, 0) is 73.2 Å². The van der Waals surface area contributed by atoms with Gasteiger partial charge in [-0.15, -0.1) is 11.3 Å². The van der Waals surface area contributed by atoms with Gasteiger partial charge in [0.1, 0.15) is 30.5 Å². The zero-order chi connectivity index (χ0) is 24.9. The summed E-state index contributed by atoms with van der Waals surface area (Å²) in [5.74, 6) is -0.918. The van der Waals surface area contributed by atoms with Crippen LogP contribution in [0, 0.1) is 11.6 Å². The van der Waals surface area contributed by atoms with Gasteiger partial charge in [0.05, 0.1) is 6.04 Å². The van der Waals surface area contributed by atoms with Crippen LogP contribution in [0.3, 0.4) is 0 Å². The molecule has 0 fully saturated rings. The number of rotatable bonds is 8. The van der Waals surface area contributed by atoms with Crippen LogP contribution in [-0.2, 0) is 11.2 Å². The fourth-order valence-electron chi connectivity index (χ4n) is 4.25. The molecule has 2 amide bonds. The molecule has 0 saturated heterocycles. The number of nitrogens with zero attached hydrogens (tertiary/aromatic N) is 2. The van der Waals surface area contributed by atoms with E-state index >= 15 is 0 Å². The van der Waals surface area contributed by atoms with Crippen molar-refractivity contribution in [1.29, 1.82) is 0 Å². The van der Waals surface area contributed by atoms with Crippen molar-refractivity contribution in [3.05, 3.63) is 87.6 Å². The van der Waals surface area contributed by atoms with E-state index in [2.05, 4.69) is 0 Å². The highest BCUT2D eigenvalue weighted by molar-refractivity contribution is 7.10. The maximum absolute atomic E-state index is 13.6. The molecule has 2 heterocycles. The number of hydrogen-bond donors (Lipinski definition) is 0. The highest BCUT2D eigenvalue weighted by Crippen LogP contribution is 2.34. The van der Waals surface area contributed by atoms with E-state index in [0.717, 1.165) is 12.0 Å². The van der Waals surface area contributed by atoms with Crippen molar-refractivity contribution in [2.45, 2.75) is 38.8 Å². The molecule has 0 N–H and O–H groups in total. The summed E-state index contributed by atoms with van der Waals surface area (Å²) in [6.07, 6.45) is 1.39. The molecular formula is C27H28F2N2O3S. The van der Waals surface area contributed by atoms with Gasteiger partial charge in [-0.1, -0.05) is 13.0 Å². The van der Waals surface area contributed by atoms with Crippen LogP contribution in [0.1, 0.15) is 47.1 Å². The van der Waals surface area contributed by atoms with Gasteiger partial charge in [0.2, 0.25) is 5.91 Å². The molecule has 1 aromatic heterocycles. The second kappa shape index (κ2) is 11.0. The Labute approximate surface area is 207 Å². The number of benzene rings is 2. The summed E-state index contributed by atoms with van der Waals surface area (Å²) in [7, 11) is 0. The molecular weight excluding hydrogens is 470 g/mol. The van der Waals surface area contributed by atoms with Crippen molar-refractivity contribution in [2.24, 2.45) is 0 Å². The fourth-order valence-corrected chi connectivity index (χ4v) is 5.18. The number of hydrogen-bond acceptors (Lipinski definition) is 4. The molecule has 0 aliphatic carbocycles. The topological polar surface area (TPSA) is 49.9 Å². The van der Waals surface area contributed by atoms with E-state index in [-0.39, 0.29) is 37.0 Å². The summed E-state index contributed by atoms with van der Waals surface area (Å²) in [5, 5.41) is 2.00. The lowest BCUT2D eigenvalue weighted by molar-refractivity contribution is -0.136. The van der Waals surface area contributed by atoms with Gasteiger partial charge in [0.25, 0.3) is 5.91 Å². The molecule has 0 spiro atoms. The summed E-state index contributed by atoms with van der Waals surface area (Å²) in [4.78, 5) is 31.3. The van der Waals surface area contributed by atoms with Gasteiger partial charge >= 0.3 is 0 Å². The van der Waals surface area contributed by atoms with Gasteiger partial charge in [-0.2, -0.15) is 0 Å². The van der Waals surface area contributed by atoms with Gasteiger partial charge in [-0.25, -0.2) is 8.78 Å². The molecule has 184 valence electrons. The molecule has 35 heavy (non-hydrogen) atoms. The lowest BCUT2D eigenvalue weighted by Gasteiger charge is -2.38. The average Bonchev–Trinajstić information content (AvgIpc) is 3.34. The Bertz CT molecular complexity index is 1180. The van der Waals surface area contributed by atoms with E-state index in [1.807, 2.05) is 25.3 Å². The van der Waals surface area contributed by atoms with Crippen LogP contribution in [0.2, 0.25) is 0 Å². The summed E-state index contributed by atoms with van der Waals surface area (Å²) < 4.78 is 32.9. The van der Waals surface area contributed by atoms with Crippen molar-refractivity contribution >= 4 is 23.2 Å². The molecule has 0 saturated carbocycles. The van der Waals surface area contributed by atoms with Crippen LogP contribution in [-0.4, -0.2) is 47.4 Å². The van der Waals surface area contributed by atoms with E-state index in [1.54, 1.807) is 33.3 Å². The Morgan fingerprint density at radius 1 is 1.14 bits per heavy atom. The Balaban J connectivity index is 1.54. The first-order valence-electron chi connectivity index (χ1n) is 11.7. The number of amides is 2. The predicted octanol–water partition coefficient (Wildman–Crippen LogP) is 5.47. The van der Waals surface area contributed by atoms with E-state index in [0.29, 0.717) is 24.3 Å². The third-order valence-corrected chi connectivity index (χ3v) is 7.40. The van der Waals surface area contributed by atoms with Gasteiger partial charge in [-0.3, -0.25) is 9.59 Å². The summed E-state index contributed by atoms with van der Waals surface area (Å²) in [5.41, 5.74) is 1.36. The van der Waals surface area contributed by atoms with Gasteiger partial charge < -0.3 is 14.5 Å². The minimum atomic E-state index is -0.422. The molecule has 0 radical (unpaired) electrons. The summed E-state index contributed by atoms with van der Waals surface area (Å²) >= 11 is 1.64.